The average Bonchev–Trinajstić information content (AvgIpc) is 0.870. The van der Waals surface area contributed by atoms with Gasteiger partial charge >= 0.3 is 0 Å². The van der Waals surface area contributed by atoms with Crippen LogP contribution in [0.4, 0.5) is 0 Å². The van der Waals surface area contributed by atoms with E-state index in [4.69, 9.17) is 0 Å². The lowest BCUT2D eigenvalue weighted by atomic mass is 9.91. The fourth-order valence-corrected chi connectivity index (χ4v) is 12.4. The van der Waals surface area contributed by atoms with E-state index < -0.39 is 155 Å². The molecule has 1 fully saturated rings. The molecule has 1 saturated heterocycles. The van der Waals surface area contributed by atoms with Crippen LogP contribution in [0.25, 0.3) is 0 Å². The third-order valence-corrected chi connectivity index (χ3v) is 18.0. The van der Waals surface area contributed by atoms with Crippen LogP contribution in [0.5, 0.6) is 0 Å². The standard InChI is InChI=1S/C66H117N11O12S/c1-27-30-31-43(16)54(78)53-57(81)69-46(29-3)59(83)76(25)66(90-26)65(89)73(22)50(36-40(10)11)62(86)77(32-28-2)52(42(14)15)64(88)70(19)47(33-37(4)5)56(80)67-44(17)55(79)68-45(18)58(82)71(20)48(34-38(6)7)60(84)72(21)49(35-39(8)9)61(85)74(23)51(41(12)13)63(87)75(53)24/h27-28,30,37-54,66,78H,2,29,31-36H2,1,3-26H3,(H,67,80)(H,68,79)(H,69,81)/b30-27+/t43-,44+,45-,46+,47+,48+,49+,50+,51+,52+,53+,54-,66?/m1/s1. The van der Waals surface area contributed by atoms with Gasteiger partial charge in [0.2, 0.25) is 59.1 Å². The maximum Gasteiger partial charge on any atom is 0.256 e. The summed E-state index contributed by atoms with van der Waals surface area (Å²) in [5, 5.41) is 19.2. The highest BCUT2D eigenvalue weighted by atomic mass is 32.2. The Kier molecular flexibility index (Phi) is 34.1. The Hall–Kier alpha value is -6.04. The number of carbonyl (C=O) groups is 11. The van der Waals surface area contributed by atoms with E-state index in [0.29, 0.717) is 6.42 Å². The molecule has 0 aromatic carbocycles. The SMILES string of the molecule is C=CCN1C(=O)[C@H](CC(C)C)N(C)C(=O)C(SC)N(C)C(=O)[C@H](CC)NC(=O)[C@H]([C@H](O)[C@H](C)C/C=C/C)N(C)C(=O)[C@H](C(C)C)N(C)C(=O)[C@H](CC(C)C)N(C)C(=O)[C@H](CC(C)C)N(C)C(=O)[C@@H](C)NC(=O)[C@H](C)NC(=O)[C@H](CC(C)C)N(C)C(=O)[C@@H]1C(C)C. The van der Waals surface area contributed by atoms with Crippen LogP contribution in [0.1, 0.15) is 156 Å². The summed E-state index contributed by atoms with van der Waals surface area (Å²) in [5.74, 6) is -9.82. The lowest BCUT2D eigenvalue weighted by Gasteiger charge is -2.42. The predicted molar refractivity (Wildman–Crippen MR) is 355 cm³/mol. The Balaban J connectivity index is 4.54. The number of nitrogens with zero attached hydrogens (tertiary/aromatic N) is 8. The normalized spacial score (nSPS) is 27.0. The number of hydrogen-bond acceptors (Lipinski definition) is 13. The summed E-state index contributed by atoms with van der Waals surface area (Å²) < 4.78 is 0. The second kappa shape index (κ2) is 37.5. The zero-order valence-corrected chi connectivity index (χ0v) is 60.1. The van der Waals surface area contributed by atoms with E-state index in [-0.39, 0.29) is 62.3 Å². The second-order valence-corrected chi connectivity index (χ2v) is 28.0. The molecular formula is C66H117N11O12S. The van der Waals surface area contributed by atoms with E-state index in [1.54, 1.807) is 60.8 Å². The van der Waals surface area contributed by atoms with E-state index in [0.717, 1.165) is 16.7 Å². The van der Waals surface area contributed by atoms with Gasteiger partial charge in [-0.1, -0.05) is 115 Å². The zero-order valence-electron chi connectivity index (χ0n) is 59.3. The second-order valence-electron chi connectivity index (χ2n) is 27.1. The van der Waals surface area contributed by atoms with Crippen molar-refractivity contribution in [2.45, 2.75) is 228 Å². The van der Waals surface area contributed by atoms with Crippen LogP contribution in [-0.4, -0.2) is 243 Å². The molecular weight excluding hydrogens is 1170 g/mol. The minimum atomic E-state index is -1.63. The highest BCUT2D eigenvalue weighted by Crippen LogP contribution is 2.28. The number of nitrogens with one attached hydrogen (secondary N) is 3. The first-order valence-corrected chi connectivity index (χ1v) is 33.4. The summed E-state index contributed by atoms with van der Waals surface area (Å²) in [6, 6.07) is -12.6. The van der Waals surface area contributed by atoms with Crippen molar-refractivity contribution < 1.29 is 57.8 Å². The molecule has 23 nitrogen and oxygen atoms in total. The third kappa shape index (κ3) is 21.8. The Morgan fingerprint density at radius 2 is 0.878 bits per heavy atom. The summed E-state index contributed by atoms with van der Waals surface area (Å²) in [6.45, 7) is 33.8. The van der Waals surface area contributed by atoms with Gasteiger partial charge in [-0.05, 0) is 107 Å². The number of rotatable bonds is 18. The van der Waals surface area contributed by atoms with Crippen molar-refractivity contribution in [1.29, 1.82) is 0 Å². The smallest absolute Gasteiger partial charge is 0.256 e. The third-order valence-electron chi connectivity index (χ3n) is 17.0. The molecule has 0 aliphatic carbocycles. The van der Waals surface area contributed by atoms with Gasteiger partial charge in [-0.2, -0.15) is 0 Å². The van der Waals surface area contributed by atoms with Crippen molar-refractivity contribution in [3.8, 4) is 0 Å². The van der Waals surface area contributed by atoms with Gasteiger partial charge in [0.1, 0.15) is 60.4 Å². The largest absolute Gasteiger partial charge is 0.390 e. The van der Waals surface area contributed by atoms with E-state index in [9.17, 15) is 24.3 Å². The Morgan fingerprint density at radius 1 is 0.478 bits per heavy atom. The molecule has 0 bridgehead atoms. The summed E-state index contributed by atoms with van der Waals surface area (Å²) in [4.78, 5) is 174. The first-order chi connectivity index (χ1) is 41.6. The molecule has 1 aliphatic heterocycles. The first kappa shape index (κ1) is 82.0. The Bertz CT molecular complexity index is 2490. The molecule has 0 spiro atoms. The molecule has 24 heteroatoms. The van der Waals surface area contributed by atoms with Gasteiger partial charge in [-0.15, -0.1) is 18.3 Å². The predicted octanol–water partition coefficient (Wildman–Crippen LogP) is 4.86. The van der Waals surface area contributed by atoms with Crippen LogP contribution in [0, 0.1) is 41.4 Å². The van der Waals surface area contributed by atoms with E-state index in [1.165, 1.54) is 104 Å². The molecule has 0 saturated carbocycles. The molecule has 514 valence electrons. The van der Waals surface area contributed by atoms with Crippen LogP contribution in [0.15, 0.2) is 24.8 Å². The van der Waals surface area contributed by atoms with E-state index in [1.807, 2.05) is 61.5 Å². The fraction of sp³-hybridized carbons (Fsp3) is 0.773. The fourth-order valence-electron chi connectivity index (χ4n) is 11.6. The topological polar surface area (TPSA) is 270 Å². The molecule has 1 aliphatic rings. The average molecular weight is 1290 g/mol. The number of thioether (sulfide) groups is 1. The van der Waals surface area contributed by atoms with Gasteiger partial charge in [0.25, 0.3) is 5.91 Å². The van der Waals surface area contributed by atoms with Crippen molar-refractivity contribution in [3.05, 3.63) is 24.8 Å². The molecule has 0 aromatic heterocycles. The number of aliphatic hydroxyl groups excluding tert-OH is 1. The maximum absolute atomic E-state index is 15.4. The van der Waals surface area contributed by atoms with Crippen molar-refractivity contribution in [1.82, 2.24) is 55.1 Å². The van der Waals surface area contributed by atoms with Gasteiger partial charge in [0, 0.05) is 55.9 Å². The number of allylic oxidation sites excluding steroid dienone is 2. The lowest BCUT2D eigenvalue weighted by molar-refractivity contribution is -0.157. The van der Waals surface area contributed by atoms with Gasteiger partial charge < -0.3 is 60.3 Å². The van der Waals surface area contributed by atoms with Crippen LogP contribution >= 0.6 is 11.8 Å². The van der Waals surface area contributed by atoms with Gasteiger partial charge in [-0.25, -0.2) is 0 Å². The van der Waals surface area contributed by atoms with Gasteiger partial charge in [0.05, 0.1) is 6.10 Å². The molecule has 13 atom stereocenters. The molecule has 0 aromatic rings. The summed E-state index contributed by atoms with van der Waals surface area (Å²) >= 11 is 1.02. The number of amides is 11. The number of likely N-dealkylation sites (N-methyl/N-ethyl adjacent to an activating group) is 7. The molecule has 90 heavy (non-hydrogen) atoms. The van der Waals surface area contributed by atoms with Crippen molar-refractivity contribution >= 4 is 76.7 Å². The van der Waals surface area contributed by atoms with Crippen molar-refractivity contribution in [3.63, 3.8) is 0 Å². The quantitative estimate of drug-likeness (QED) is 0.134. The number of carbonyl (C=O) groups excluding carboxylic acids is 11. The Morgan fingerprint density at radius 3 is 1.31 bits per heavy atom. The van der Waals surface area contributed by atoms with Gasteiger partial charge in [-0.3, -0.25) is 52.7 Å². The molecule has 1 unspecified atom stereocenters. The van der Waals surface area contributed by atoms with Crippen LogP contribution in [0.2, 0.25) is 0 Å². The molecule has 1 rings (SSSR count). The van der Waals surface area contributed by atoms with Crippen LogP contribution in [-0.2, 0) is 52.7 Å². The molecule has 0 radical (unpaired) electrons. The maximum atomic E-state index is 15.4. The number of hydrogen-bond donors (Lipinski definition) is 4. The first-order valence-electron chi connectivity index (χ1n) is 32.2. The van der Waals surface area contributed by atoms with E-state index in [2.05, 4.69) is 22.5 Å². The highest BCUT2D eigenvalue weighted by Gasteiger charge is 2.47. The minimum absolute atomic E-state index is 0.00273. The van der Waals surface area contributed by atoms with Crippen LogP contribution in [0.3, 0.4) is 0 Å². The highest BCUT2D eigenvalue weighted by molar-refractivity contribution is 7.99. The lowest BCUT2D eigenvalue weighted by Crippen LogP contribution is -2.64. The summed E-state index contributed by atoms with van der Waals surface area (Å²) in [7, 11) is 10.0. The summed E-state index contributed by atoms with van der Waals surface area (Å²) in [5.41, 5.74) is 0. The van der Waals surface area contributed by atoms with E-state index >= 15 is 33.6 Å². The number of aliphatic hydroxyl groups is 1. The van der Waals surface area contributed by atoms with Crippen molar-refractivity contribution in [2.75, 3.05) is 62.1 Å². The minimum Gasteiger partial charge on any atom is -0.390 e. The monoisotopic (exact) mass is 1290 g/mol. The van der Waals surface area contributed by atoms with Crippen molar-refractivity contribution in [2.24, 2.45) is 41.4 Å². The molecule has 4 N–H and O–H groups in total. The molecule has 1 heterocycles. The Labute approximate surface area is 543 Å². The van der Waals surface area contributed by atoms with Crippen LogP contribution < -0.4 is 16.0 Å². The van der Waals surface area contributed by atoms with Gasteiger partial charge in [0.15, 0.2) is 5.37 Å². The summed E-state index contributed by atoms with van der Waals surface area (Å²) in [6.07, 6.45) is 6.04. The molecule has 11 amide bonds. The zero-order chi connectivity index (χ0) is 69.8.